The standard InChI is InChI=1S/C24H28N7O3P/c1-34-22-15(17-12-20(35(2)3)31(30-17)14-9-10-14)5-4-6-16(22)26-18-11-19(27-24(33)13-7-8-13)28-29-21(18)23(25)32/h4-6,11-14H,7-10H2,1-3H3,(H2,25,32)(H2,26,27,28,33). The first kappa shape index (κ1) is 23.2. The van der Waals surface area contributed by atoms with Crippen LogP contribution in [0.15, 0.2) is 30.3 Å². The summed E-state index contributed by atoms with van der Waals surface area (Å²) in [6.45, 7) is 4.46. The molecule has 2 aliphatic rings. The van der Waals surface area contributed by atoms with E-state index in [9.17, 15) is 9.59 Å². The van der Waals surface area contributed by atoms with Gasteiger partial charge in [0, 0.05) is 17.5 Å². The van der Waals surface area contributed by atoms with Gasteiger partial charge in [-0.25, -0.2) is 0 Å². The van der Waals surface area contributed by atoms with E-state index in [4.69, 9.17) is 15.6 Å². The second-order valence-electron chi connectivity index (χ2n) is 9.09. The first-order chi connectivity index (χ1) is 16.9. The van der Waals surface area contributed by atoms with E-state index < -0.39 is 5.91 Å². The molecule has 0 unspecified atom stereocenters. The summed E-state index contributed by atoms with van der Waals surface area (Å²) in [4.78, 5) is 24.2. The highest BCUT2D eigenvalue weighted by Gasteiger charge is 2.31. The van der Waals surface area contributed by atoms with Crippen molar-refractivity contribution in [1.29, 1.82) is 0 Å². The van der Waals surface area contributed by atoms with E-state index in [-0.39, 0.29) is 31.3 Å². The van der Waals surface area contributed by atoms with Crippen molar-refractivity contribution in [1.82, 2.24) is 20.0 Å². The Kier molecular flexibility index (Phi) is 6.15. The number of nitrogens with one attached hydrogen (secondary N) is 2. The fraction of sp³-hybridized carbons (Fsp3) is 0.375. The molecule has 0 radical (unpaired) electrons. The third-order valence-corrected chi connectivity index (χ3v) is 7.31. The number of aromatic nitrogens is 4. The van der Waals surface area contributed by atoms with Crippen molar-refractivity contribution < 1.29 is 14.3 Å². The Hall–Kier alpha value is -3.52. The van der Waals surface area contributed by atoms with Gasteiger partial charge in [0.2, 0.25) is 5.91 Å². The summed E-state index contributed by atoms with van der Waals surface area (Å²) in [5, 5.41) is 18.8. The molecule has 2 heterocycles. The van der Waals surface area contributed by atoms with Crippen molar-refractivity contribution in [3.05, 3.63) is 36.0 Å². The van der Waals surface area contributed by atoms with Crippen molar-refractivity contribution >= 4 is 42.4 Å². The van der Waals surface area contributed by atoms with Gasteiger partial charge in [0.1, 0.15) is 0 Å². The van der Waals surface area contributed by atoms with Gasteiger partial charge in [-0.15, -0.1) is 10.2 Å². The van der Waals surface area contributed by atoms with Gasteiger partial charge in [0.25, 0.3) is 5.91 Å². The summed E-state index contributed by atoms with van der Waals surface area (Å²) in [5.41, 5.74) is 9.36. The molecule has 2 fully saturated rings. The van der Waals surface area contributed by atoms with Crippen LogP contribution in [0.3, 0.4) is 0 Å². The summed E-state index contributed by atoms with van der Waals surface area (Å²) >= 11 is 0. The molecular weight excluding hydrogens is 465 g/mol. The summed E-state index contributed by atoms with van der Waals surface area (Å²) in [6, 6.07) is 9.86. The fourth-order valence-electron chi connectivity index (χ4n) is 3.94. The minimum atomic E-state index is -0.734. The predicted octanol–water partition coefficient (Wildman–Crippen LogP) is 3.24. The SMILES string of the molecule is COc1c(Nc2cc(NC(=O)C3CC3)nnc2C(N)=O)cccc1-c1cc(P(C)C)n(C2CC2)n1. The first-order valence-corrected chi connectivity index (χ1v) is 13.8. The molecule has 1 aromatic carbocycles. The Bertz CT molecular complexity index is 1280. The van der Waals surface area contributed by atoms with E-state index >= 15 is 0 Å². The van der Waals surface area contributed by atoms with Crippen LogP contribution in [-0.2, 0) is 4.79 Å². The number of benzene rings is 1. The van der Waals surface area contributed by atoms with Crippen molar-refractivity contribution in [2.45, 2.75) is 31.7 Å². The lowest BCUT2D eigenvalue weighted by molar-refractivity contribution is -0.117. The van der Waals surface area contributed by atoms with Gasteiger partial charge >= 0.3 is 0 Å². The second kappa shape index (κ2) is 9.26. The van der Waals surface area contributed by atoms with Gasteiger partial charge in [-0.1, -0.05) is 14.0 Å². The Labute approximate surface area is 204 Å². The monoisotopic (exact) mass is 493 g/mol. The summed E-state index contributed by atoms with van der Waals surface area (Å²) in [7, 11) is 1.27. The molecule has 0 aliphatic heterocycles. The highest BCUT2D eigenvalue weighted by atomic mass is 31.1. The maximum atomic E-state index is 12.2. The van der Waals surface area contributed by atoms with Gasteiger partial charge in [0.05, 0.1) is 35.7 Å². The Morgan fingerprint density at radius 3 is 2.51 bits per heavy atom. The zero-order valence-electron chi connectivity index (χ0n) is 19.9. The average molecular weight is 494 g/mol. The molecule has 2 saturated carbocycles. The third kappa shape index (κ3) is 4.84. The van der Waals surface area contributed by atoms with Gasteiger partial charge in [-0.2, -0.15) is 5.10 Å². The molecule has 2 amide bonds. The van der Waals surface area contributed by atoms with E-state index in [0.717, 1.165) is 36.9 Å². The number of carbonyl (C=O) groups is 2. The lowest BCUT2D eigenvalue weighted by Gasteiger charge is -2.16. The number of amides is 2. The van der Waals surface area contributed by atoms with Crippen LogP contribution in [-0.4, -0.2) is 52.2 Å². The largest absolute Gasteiger partial charge is 0.494 e. The normalized spacial score (nSPS) is 15.2. The topological polar surface area (TPSA) is 137 Å². The van der Waals surface area contributed by atoms with Crippen molar-refractivity contribution in [2.24, 2.45) is 11.7 Å². The quantitative estimate of drug-likeness (QED) is 0.389. The van der Waals surface area contributed by atoms with Crippen LogP contribution in [0.25, 0.3) is 11.3 Å². The number of carbonyl (C=O) groups excluding carboxylic acids is 2. The Balaban J connectivity index is 1.51. The van der Waals surface area contributed by atoms with Crippen LogP contribution in [0.1, 0.15) is 42.2 Å². The van der Waals surface area contributed by atoms with Crippen LogP contribution >= 0.6 is 7.92 Å². The number of rotatable bonds is 9. The molecule has 0 spiro atoms. The number of methoxy groups -OCH3 is 1. The average Bonchev–Trinajstić information content (AvgIpc) is 3.76. The van der Waals surface area contributed by atoms with Crippen molar-refractivity contribution in [3.63, 3.8) is 0 Å². The molecular formula is C24H28N7O3P. The highest BCUT2D eigenvalue weighted by molar-refractivity contribution is 7.63. The van der Waals surface area contributed by atoms with E-state index in [1.807, 2.05) is 18.2 Å². The molecule has 0 saturated heterocycles. The molecule has 5 rings (SSSR count). The minimum Gasteiger partial charge on any atom is -0.494 e. The molecule has 2 aliphatic carbocycles. The number of nitrogens with two attached hydrogens (primary N) is 1. The molecule has 182 valence electrons. The maximum Gasteiger partial charge on any atom is 0.271 e. The summed E-state index contributed by atoms with van der Waals surface area (Å²) in [6.07, 6.45) is 4.04. The number of para-hydroxylation sites is 1. The van der Waals surface area contributed by atoms with E-state index in [0.29, 0.717) is 23.2 Å². The van der Waals surface area contributed by atoms with Gasteiger partial charge in [-0.05, 0) is 57.2 Å². The number of hydrogen-bond acceptors (Lipinski definition) is 7. The first-order valence-electron chi connectivity index (χ1n) is 11.6. The van der Waals surface area contributed by atoms with Crippen molar-refractivity contribution in [2.75, 3.05) is 31.1 Å². The number of anilines is 3. The number of hydrogen-bond donors (Lipinski definition) is 3. The van der Waals surface area contributed by atoms with E-state index in [2.05, 4.69) is 44.9 Å². The minimum absolute atomic E-state index is 0.00778. The van der Waals surface area contributed by atoms with Crippen molar-refractivity contribution in [3.8, 4) is 17.0 Å². The van der Waals surface area contributed by atoms with E-state index in [1.54, 1.807) is 13.2 Å². The van der Waals surface area contributed by atoms with E-state index in [1.165, 1.54) is 5.44 Å². The Morgan fingerprint density at radius 1 is 1.11 bits per heavy atom. The summed E-state index contributed by atoms with van der Waals surface area (Å²) < 4.78 is 7.96. The van der Waals surface area contributed by atoms with Gasteiger partial charge in [-0.3, -0.25) is 14.3 Å². The highest BCUT2D eigenvalue weighted by Crippen LogP contribution is 2.41. The van der Waals surface area contributed by atoms with Crippen LogP contribution in [0.5, 0.6) is 5.75 Å². The zero-order valence-corrected chi connectivity index (χ0v) is 20.8. The van der Waals surface area contributed by atoms with Gasteiger partial charge in [0.15, 0.2) is 17.3 Å². The van der Waals surface area contributed by atoms with Crippen LogP contribution in [0.4, 0.5) is 17.2 Å². The molecule has 3 aromatic rings. The molecule has 10 nitrogen and oxygen atoms in total. The zero-order chi connectivity index (χ0) is 24.7. The number of primary amides is 1. The lowest BCUT2D eigenvalue weighted by Crippen LogP contribution is -2.19. The fourth-order valence-corrected chi connectivity index (χ4v) is 4.94. The molecule has 35 heavy (non-hydrogen) atoms. The third-order valence-electron chi connectivity index (χ3n) is 6.06. The number of ether oxygens (including phenoxy) is 1. The molecule has 0 atom stereocenters. The smallest absolute Gasteiger partial charge is 0.271 e. The van der Waals surface area contributed by atoms with Gasteiger partial charge < -0.3 is 21.1 Å². The maximum absolute atomic E-state index is 12.2. The van der Waals surface area contributed by atoms with Crippen LogP contribution in [0, 0.1) is 5.92 Å². The molecule has 11 heteroatoms. The van der Waals surface area contributed by atoms with Crippen LogP contribution < -0.4 is 26.5 Å². The summed E-state index contributed by atoms with van der Waals surface area (Å²) in [5.74, 6) is -0.00963. The number of nitrogens with zero attached hydrogens (tertiary/aromatic N) is 4. The molecule has 2 aromatic heterocycles. The second-order valence-corrected chi connectivity index (χ2v) is 11.3. The Morgan fingerprint density at radius 2 is 1.89 bits per heavy atom. The predicted molar refractivity (Wildman–Crippen MR) is 136 cm³/mol. The molecule has 4 N–H and O–H groups in total. The molecule has 0 bridgehead atoms. The lowest BCUT2D eigenvalue weighted by atomic mass is 10.1. The van der Waals surface area contributed by atoms with Crippen LogP contribution in [0.2, 0.25) is 0 Å².